The fraction of sp³-hybridized carbons (Fsp3) is 0.600. The molecule has 0 saturated heterocycles. The molecular formula is C10H14. The first-order valence-electron chi connectivity index (χ1n) is 4.05. The van der Waals surface area contributed by atoms with Crippen molar-refractivity contribution in [2.24, 2.45) is 0 Å². The van der Waals surface area contributed by atoms with Crippen LogP contribution in [0.2, 0.25) is 0 Å². The zero-order valence-corrected chi connectivity index (χ0v) is 6.40. The predicted molar refractivity (Wildman–Crippen MR) is 44.6 cm³/mol. The van der Waals surface area contributed by atoms with Crippen molar-refractivity contribution in [3.8, 4) is 12.3 Å². The molecule has 0 aromatic rings. The van der Waals surface area contributed by atoms with E-state index in [-0.39, 0.29) is 0 Å². The lowest BCUT2D eigenvalue weighted by Gasteiger charge is -1.89. The molecule has 0 bridgehead atoms. The van der Waals surface area contributed by atoms with E-state index in [0.29, 0.717) is 0 Å². The van der Waals surface area contributed by atoms with Gasteiger partial charge in [0.2, 0.25) is 0 Å². The van der Waals surface area contributed by atoms with Crippen LogP contribution in [0.4, 0.5) is 0 Å². The molecule has 0 atom stereocenters. The summed E-state index contributed by atoms with van der Waals surface area (Å²) in [6, 6.07) is 0. The summed E-state index contributed by atoms with van der Waals surface area (Å²) >= 11 is 0. The van der Waals surface area contributed by atoms with Gasteiger partial charge in [-0.05, 0) is 32.1 Å². The second kappa shape index (κ2) is 4.17. The van der Waals surface area contributed by atoms with E-state index >= 15 is 0 Å². The SMILES string of the molecule is C#CCCCCC=C1CC1. The second-order valence-electron chi connectivity index (χ2n) is 2.81. The van der Waals surface area contributed by atoms with Gasteiger partial charge in [-0.3, -0.25) is 0 Å². The summed E-state index contributed by atoms with van der Waals surface area (Å²) in [4.78, 5) is 0. The Morgan fingerprint density at radius 1 is 1.40 bits per heavy atom. The third kappa shape index (κ3) is 3.35. The molecule has 0 spiro atoms. The van der Waals surface area contributed by atoms with Crippen molar-refractivity contribution in [2.75, 3.05) is 0 Å². The number of terminal acetylenes is 1. The van der Waals surface area contributed by atoms with E-state index in [0.717, 1.165) is 6.42 Å². The Bertz CT molecular complexity index is 151. The molecule has 0 nitrogen and oxygen atoms in total. The Balaban J connectivity index is 1.86. The van der Waals surface area contributed by atoms with Crippen LogP contribution in [0.5, 0.6) is 0 Å². The Kier molecular flexibility index (Phi) is 3.09. The van der Waals surface area contributed by atoms with E-state index < -0.39 is 0 Å². The number of allylic oxidation sites excluding steroid dienone is 2. The molecule has 1 aliphatic rings. The smallest absolute Gasteiger partial charge is 0.00861 e. The topological polar surface area (TPSA) is 0 Å². The number of hydrogen-bond acceptors (Lipinski definition) is 0. The van der Waals surface area contributed by atoms with Gasteiger partial charge in [-0.25, -0.2) is 0 Å². The highest BCUT2D eigenvalue weighted by Gasteiger charge is 2.08. The molecule has 54 valence electrons. The van der Waals surface area contributed by atoms with E-state index in [1.807, 2.05) is 0 Å². The maximum atomic E-state index is 5.12. The van der Waals surface area contributed by atoms with Crippen molar-refractivity contribution >= 4 is 0 Å². The Morgan fingerprint density at radius 2 is 2.20 bits per heavy atom. The maximum absolute atomic E-state index is 5.12. The second-order valence-corrected chi connectivity index (χ2v) is 2.81. The van der Waals surface area contributed by atoms with Gasteiger partial charge in [0, 0.05) is 6.42 Å². The fourth-order valence-corrected chi connectivity index (χ4v) is 0.954. The van der Waals surface area contributed by atoms with E-state index in [9.17, 15) is 0 Å². The van der Waals surface area contributed by atoms with Crippen LogP contribution in [-0.2, 0) is 0 Å². The van der Waals surface area contributed by atoms with E-state index in [1.54, 1.807) is 5.57 Å². The summed E-state index contributed by atoms with van der Waals surface area (Å²) in [5.74, 6) is 2.65. The summed E-state index contributed by atoms with van der Waals surface area (Å²) in [5, 5.41) is 0. The summed E-state index contributed by atoms with van der Waals surface area (Å²) in [5.41, 5.74) is 1.65. The van der Waals surface area contributed by atoms with Crippen LogP contribution in [0.1, 0.15) is 38.5 Å². The average Bonchev–Trinajstić information content (AvgIpc) is 2.71. The van der Waals surface area contributed by atoms with Crippen LogP contribution >= 0.6 is 0 Å². The number of unbranched alkanes of at least 4 members (excludes halogenated alkanes) is 3. The molecule has 0 unspecified atom stereocenters. The van der Waals surface area contributed by atoms with Crippen molar-refractivity contribution in [1.82, 2.24) is 0 Å². The van der Waals surface area contributed by atoms with Crippen LogP contribution in [0.15, 0.2) is 11.6 Å². The fourth-order valence-electron chi connectivity index (χ4n) is 0.954. The molecule has 0 aromatic carbocycles. The van der Waals surface area contributed by atoms with Crippen LogP contribution in [0.3, 0.4) is 0 Å². The first kappa shape index (κ1) is 7.41. The highest BCUT2D eigenvalue weighted by atomic mass is 14.1. The van der Waals surface area contributed by atoms with Crippen molar-refractivity contribution in [1.29, 1.82) is 0 Å². The van der Waals surface area contributed by atoms with Crippen molar-refractivity contribution in [3.63, 3.8) is 0 Å². The highest BCUT2D eigenvalue weighted by molar-refractivity contribution is 5.15. The van der Waals surface area contributed by atoms with Gasteiger partial charge >= 0.3 is 0 Å². The summed E-state index contributed by atoms with van der Waals surface area (Å²) in [6.07, 6.45) is 14.9. The molecule has 0 amide bonds. The molecule has 1 rings (SSSR count). The molecule has 10 heavy (non-hydrogen) atoms. The monoisotopic (exact) mass is 134 g/mol. The predicted octanol–water partition coefficient (Wildman–Crippen LogP) is 2.90. The van der Waals surface area contributed by atoms with Gasteiger partial charge in [-0.1, -0.05) is 11.6 Å². The van der Waals surface area contributed by atoms with Crippen LogP contribution in [0, 0.1) is 12.3 Å². The third-order valence-corrected chi connectivity index (χ3v) is 1.75. The molecule has 0 aromatic heterocycles. The van der Waals surface area contributed by atoms with Crippen molar-refractivity contribution in [2.45, 2.75) is 38.5 Å². The lowest BCUT2D eigenvalue weighted by Crippen LogP contribution is -1.71. The molecule has 1 aliphatic carbocycles. The molecule has 0 heteroatoms. The summed E-state index contributed by atoms with van der Waals surface area (Å²) < 4.78 is 0. The Hall–Kier alpha value is -0.700. The van der Waals surface area contributed by atoms with Gasteiger partial charge in [0.25, 0.3) is 0 Å². The van der Waals surface area contributed by atoms with Gasteiger partial charge < -0.3 is 0 Å². The normalized spacial score (nSPS) is 14.5. The van der Waals surface area contributed by atoms with Gasteiger partial charge in [-0.15, -0.1) is 12.3 Å². The standard InChI is InChI=1S/C10H14/c1-2-3-4-5-6-7-10-8-9-10/h1,7H,3-6,8-9H2. The van der Waals surface area contributed by atoms with Crippen LogP contribution < -0.4 is 0 Å². The van der Waals surface area contributed by atoms with E-state index in [4.69, 9.17) is 6.42 Å². The van der Waals surface area contributed by atoms with E-state index in [2.05, 4.69) is 12.0 Å². The average molecular weight is 134 g/mol. The Morgan fingerprint density at radius 3 is 2.80 bits per heavy atom. The molecule has 0 heterocycles. The minimum atomic E-state index is 0.948. The lowest BCUT2D eigenvalue weighted by molar-refractivity contribution is 0.771. The first-order chi connectivity index (χ1) is 4.93. The summed E-state index contributed by atoms with van der Waals surface area (Å²) in [7, 11) is 0. The molecule has 1 fully saturated rings. The quantitative estimate of drug-likeness (QED) is 0.315. The highest BCUT2D eigenvalue weighted by Crippen LogP contribution is 2.28. The molecular weight excluding hydrogens is 120 g/mol. The zero-order chi connectivity index (χ0) is 7.23. The first-order valence-corrected chi connectivity index (χ1v) is 4.05. The molecule has 0 N–H and O–H groups in total. The summed E-state index contributed by atoms with van der Waals surface area (Å²) in [6.45, 7) is 0. The largest absolute Gasteiger partial charge is 0.120 e. The third-order valence-electron chi connectivity index (χ3n) is 1.75. The Labute approximate surface area is 63.3 Å². The number of rotatable bonds is 4. The van der Waals surface area contributed by atoms with Gasteiger partial charge in [0.05, 0.1) is 0 Å². The van der Waals surface area contributed by atoms with Crippen LogP contribution in [-0.4, -0.2) is 0 Å². The zero-order valence-electron chi connectivity index (χ0n) is 6.40. The van der Waals surface area contributed by atoms with E-state index in [1.165, 1.54) is 32.1 Å². The molecule has 1 saturated carbocycles. The van der Waals surface area contributed by atoms with Gasteiger partial charge in [-0.2, -0.15) is 0 Å². The minimum Gasteiger partial charge on any atom is -0.120 e. The molecule has 0 aliphatic heterocycles. The lowest BCUT2D eigenvalue weighted by atomic mass is 10.2. The van der Waals surface area contributed by atoms with Gasteiger partial charge in [0.1, 0.15) is 0 Å². The number of hydrogen-bond donors (Lipinski definition) is 0. The van der Waals surface area contributed by atoms with Crippen LogP contribution in [0.25, 0.3) is 0 Å². The van der Waals surface area contributed by atoms with Crippen molar-refractivity contribution < 1.29 is 0 Å². The minimum absolute atomic E-state index is 0.948. The van der Waals surface area contributed by atoms with Crippen molar-refractivity contribution in [3.05, 3.63) is 11.6 Å². The maximum Gasteiger partial charge on any atom is 0.00861 e. The molecule has 0 radical (unpaired) electrons. The van der Waals surface area contributed by atoms with Gasteiger partial charge in [0.15, 0.2) is 0 Å².